The summed E-state index contributed by atoms with van der Waals surface area (Å²) < 4.78 is 6.63. The van der Waals surface area contributed by atoms with Gasteiger partial charge in [-0.15, -0.1) is 0 Å². The van der Waals surface area contributed by atoms with Crippen LogP contribution in [0, 0.1) is 5.92 Å². The van der Waals surface area contributed by atoms with Crippen molar-refractivity contribution in [2.45, 2.75) is 51.1 Å². The molecule has 29 heavy (non-hydrogen) atoms. The van der Waals surface area contributed by atoms with Gasteiger partial charge in [0.1, 0.15) is 5.69 Å². The zero-order chi connectivity index (χ0) is 20.8. The number of aromatic amines is 1. The average Bonchev–Trinajstić information content (AvgIpc) is 3.39. The topological polar surface area (TPSA) is 134 Å². The van der Waals surface area contributed by atoms with Gasteiger partial charge in [0, 0.05) is 37.0 Å². The van der Waals surface area contributed by atoms with Gasteiger partial charge in [0.15, 0.2) is 5.82 Å². The van der Waals surface area contributed by atoms with Crippen LogP contribution in [0.25, 0.3) is 0 Å². The Morgan fingerprint density at radius 1 is 1.45 bits per heavy atom. The number of carboxylic acid groups (broad SMARTS) is 1. The van der Waals surface area contributed by atoms with Crippen LogP contribution in [0.2, 0.25) is 0 Å². The second-order valence-corrected chi connectivity index (χ2v) is 7.56. The Hall–Kier alpha value is -2.88. The van der Waals surface area contributed by atoms with Gasteiger partial charge in [0.05, 0.1) is 13.2 Å². The Morgan fingerprint density at radius 2 is 2.28 bits per heavy atom. The van der Waals surface area contributed by atoms with Gasteiger partial charge in [-0.1, -0.05) is 0 Å². The number of amides is 2. The van der Waals surface area contributed by atoms with Gasteiger partial charge in [0.25, 0.3) is 5.91 Å². The van der Waals surface area contributed by atoms with E-state index in [4.69, 9.17) is 9.84 Å². The molecule has 0 radical (unpaired) electrons. The average molecular weight is 404 g/mol. The molecule has 2 amide bonds. The highest BCUT2D eigenvalue weighted by molar-refractivity contribution is 6.02. The van der Waals surface area contributed by atoms with E-state index in [1.165, 1.54) is 0 Å². The lowest BCUT2D eigenvalue weighted by molar-refractivity contribution is 0.101. The molecule has 2 heterocycles. The fraction of sp³-hybridized carbons (Fsp3) is 0.579. The molecular formula is C19H28N6O4. The Kier molecular flexibility index (Phi) is 6.86. The van der Waals surface area contributed by atoms with E-state index in [2.05, 4.69) is 25.9 Å². The van der Waals surface area contributed by atoms with Crippen LogP contribution < -0.4 is 10.6 Å². The Balaban J connectivity index is 1.54. The molecule has 1 aliphatic carbocycles. The lowest BCUT2D eigenvalue weighted by Gasteiger charge is -2.16. The Labute approximate surface area is 169 Å². The monoisotopic (exact) mass is 404 g/mol. The number of H-pyrrole nitrogens is 1. The van der Waals surface area contributed by atoms with Crippen molar-refractivity contribution in [3.05, 3.63) is 29.7 Å². The van der Waals surface area contributed by atoms with Gasteiger partial charge in [-0.05, 0) is 44.6 Å². The predicted octanol–water partition coefficient (Wildman–Crippen LogP) is 2.43. The van der Waals surface area contributed by atoms with E-state index in [-0.39, 0.29) is 11.9 Å². The summed E-state index contributed by atoms with van der Waals surface area (Å²) in [5.41, 5.74) is 1.45. The van der Waals surface area contributed by atoms with Crippen molar-refractivity contribution in [2.75, 3.05) is 19.0 Å². The van der Waals surface area contributed by atoms with Crippen LogP contribution in [0.3, 0.4) is 0 Å². The van der Waals surface area contributed by atoms with Crippen molar-refractivity contribution in [1.29, 1.82) is 0 Å². The Morgan fingerprint density at radius 3 is 3.03 bits per heavy atom. The van der Waals surface area contributed by atoms with Gasteiger partial charge in [-0.3, -0.25) is 14.6 Å². The summed E-state index contributed by atoms with van der Waals surface area (Å²) in [5, 5.41) is 25.5. The van der Waals surface area contributed by atoms with Crippen molar-refractivity contribution in [3.63, 3.8) is 0 Å². The summed E-state index contributed by atoms with van der Waals surface area (Å²) in [6, 6.07) is 3.47. The molecule has 10 nitrogen and oxygen atoms in total. The normalized spacial score (nSPS) is 19.8. The minimum Gasteiger partial charge on any atom is -0.465 e. The molecule has 0 aliphatic heterocycles. The van der Waals surface area contributed by atoms with Crippen molar-refractivity contribution in [3.8, 4) is 0 Å². The molecule has 3 rings (SSSR count). The number of methoxy groups -OCH3 is 1. The van der Waals surface area contributed by atoms with Crippen LogP contribution >= 0.6 is 0 Å². The van der Waals surface area contributed by atoms with Crippen LogP contribution in [-0.4, -0.2) is 56.8 Å². The third kappa shape index (κ3) is 5.57. The molecule has 1 saturated carbocycles. The van der Waals surface area contributed by atoms with Crippen LogP contribution in [0.15, 0.2) is 18.3 Å². The number of carbonyl (C=O) groups is 2. The molecule has 158 valence electrons. The molecule has 1 aliphatic rings. The number of anilines is 1. The summed E-state index contributed by atoms with van der Waals surface area (Å²) in [5.74, 6) is 1.02. The van der Waals surface area contributed by atoms with E-state index in [1.807, 2.05) is 13.0 Å². The van der Waals surface area contributed by atoms with Crippen molar-refractivity contribution >= 4 is 17.8 Å². The van der Waals surface area contributed by atoms with Crippen LogP contribution in [0.4, 0.5) is 10.6 Å². The number of carbonyl (C=O) groups excluding carboxylic acids is 1. The smallest absolute Gasteiger partial charge is 0.404 e. The highest BCUT2D eigenvalue weighted by Crippen LogP contribution is 2.40. The van der Waals surface area contributed by atoms with E-state index in [0.29, 0.717) is 36.5 Å². The number of hydrogen-bond donors (Lipinski definition) is 4. The highest BCUT2D eigenvalue weighted by atomic mass is 16.5. The minimum absolute atomic E-state index is 0.0594. The number of hydrogen-bond acceptors (Lipinski definition) is 5. The fourth-order valence-corrected chi connectivity index (χ4v) is 4.01. The molecule has 2 aromatic heterocycles. The molecule has 0 bridgehead atoms. The SMILES string of the molecule is COCCn1nccc1C(=O)Nc1cc([C@H]2CC[C@@H](CC(C)NC(=O)O)C2)[nH]n1. The molecule has 0 spiro atoms. The van der Waals surface area contributed by atoms with Crippen molar-refractivity contribution in [2.24, 2.45) is 5.92 Å². The standard InChI is InChI=1S/C19H28N6O4/c1-12(21-19(27)28)9-13-3-4-14(10-13)15-11-17(24-23-15)22-18(26)16-5-6-20-25(16)7-8-29-2/h5-6,11-14,21H,3-4,7-10H2,1-2H3,(H,27,28)(H2,22,23,24,26)/t12?,13-,14-/m0/s1. The van der Waals surface area contributed by atoms with Crippen LogP contribution in [0.1, 0.15) is 54.7 Å². The van der Waals surface area contributed by atoms with E-state index in [1.54, 1.807) is 24.1 Å². The van der Waals surface area contributed by atoms with Gasteiger partial charge in [-0.2, -0.15) is 10.2 Å². The molecule has 1 fully saturated rings. The molecule has 4 N–H and O–H groups in total. The van der Waals surface area contributed by atoms with Crippen LogP contribution in [0.5, 0.6) is 0 Å². The van der Waals surface area contributed by atoms with E-state index in [9.17, 15) is 9.59 Å². The number of nitrogens with one attached hydrogen (secondary N) is 3. The minimum atomic E-state index is -0.982. The van der Waals surface area contributed by atoms with E-state index < -0.39 is 6.09 Å². The lowest BCUT2D eigenvalue weighted by atomic mass is 9.96. The fourth-order valence-electron chi connectivity index (χ4n) is 4.01. The first-order valence-electron chi connectivity index (χ1n) is 9.83. The molecule has 3 atom stereocenters. The first-order chi connectivity index (χ1) is 14.0. The molecule has 2 aromatic rings. The van der Waals surface area contributed by atoms with E-state index >= 15 is 0 Å². The summed E-state index contributed by atoms with van der Waals surface area (Å²) in [4.78, 5) is 23.3. The quantitative estimate of drug-likeness (QED) is 0.507. The zero-order valence-corrected chi connectivity index (χ0v) is 16.7. The van der Waals surface area contributed by atoms with E-state index in [0.717, 1.165) is 31.4 Å². The van der Waals surface area contributed by atoms with Gasteiger partial charge in [0.2, 0.25) is 0 Å². The zero-order valence-electron chi connectivity index (χ0n) is 16.7. The molecule has 0 aromatic carbocycles. The van der Waals surface area contributed by atoms with Crippen molar-refractivity contribution < 1.29 is 19.4 Å². The van der Waals surface area contributed by atoms with Crippen molar-refractivity contribution in [1.82, 2.24) is 25.3 Å². The molecule has 10 heteroatoms. The molecule has 0 saturated heterocycles. The number of ether oxygens (including phenoxy) is 1. The van der Waals surface area contributed by atoms with Gasteiger partial charge in [-0.25, -0.2) is 4.79 Å². The summed E-state index contributed by atoms with van der Waals surface area (Å²) in [6.45, 7) is 2.86. The first-order valence-corrected chi connectivity index (χ1v) is 9.83. The maximum absolute atomic E-state index is 12.5. The highest BCUT2D eigenvalue weighted by Gasteiger charge is 2.28. The predicted molar refractivity (Wildman–Crippen MR) is 106 cm³/mol. The maximum atomic E-state index is 12.5. The number of aromatic nitrogens is 4. The molecule has 1 unspecified atom stereocenters. The first kappa shape index (κ1) is 20.8. The summed E-state index contributed by atoms with van der Waals surface area (Å²) in [6.07, 6.45) is 4.47. The number of rotatable bonds is 9. The second-order valence-electron chi connectivity index (χ2n) is 7.56. The second kappa shape index (κ2) is 9.55. The Bertz CT molecular complexity index is 832. The third-order valence-corrected chi connectivity index (χ3v) is 5.33. The maximum Gasteiger partial charge on any atom is 0.404 e. The summed E-state index contributed by atoms with van der Waals surface area (Å²) >= 11 is 0. The number of nitrogens with zero attached hydrogens (tertiary/aromatic N) is 3. The van der Waals surface area contributed by atoms with Crippen LogP contribution in [-0.2, 0) is 11.3 Å². The largest absolute Gasteiger partial charge is 0.465 e. The molecular weight excluding hydrogens is 376 g/mol. The summed E-state index contributed by atoms with van der Waals surface area (Å²) in [7, 11) is 1.60. The van der Waals surface area contributed by atoms with Gasteiger partial charge >= 0.3 is 6.09 Å². The van der Waals surface area contributed by atoms with Gasteiger partial charge < -0.3 is 20.5 Å². The lowest BCUT2D eigenvalue weighted by Crippen LogP contribution is -2.32. The third-order valence-electron chi connectivity index (χ3n) is 5.33.